The second-order valence-electron chi connectivity index (χ2n) is 12.3. The van der Waals surface area contributed by atoms with Crippen LogP contribution >= 0.6 is 0 Å². The van der Waals surface area contributed by atoms with Crippen LogP contribution in [0.15, 0.2) is 176 Å². The third-order valence-corrected chi connectivity index (χ3v) is 9.85. The van der Waals surface area contributed by atoms with Crippen molar-refractivity contribution < 1.29 is 0 Å². The number of hydrogen-bond donors (Lipinski definition) is 0. The molecule has 0 atom stereocenters. The maximum absolute atomic E-state index is 2.45. The summed E-state index contributed by atoms with van der Waals surface area (Å²) in [6.45, 7) is 2.40. The Morgan fingerprint density at radius 3 is 1.50 bits per heavy atom. The third-order valence-electron chi connectivity index (χ3n) is 9.85. The lowest BCUT2D eigenvalue weighted by Gasteiger charge is -2.28. The van der Waals surface area contributed by atoms with Crippen LogP contribution in [0.2, 0.25) is 0 Å². The van der Waals surface area contributed by atoms with Crippen molar-refractivity contribution in [3.63, 3.8) is 0 Å². The minimum absolute atomic E-state index is 0.264. The van der Waals surface area contributed by atoms with E-state index in [1.165, 1.54) is 49.6 Å². The molecule has 0 N–H and O–H groups in total. The zero-order chi connectivity index (χ0) is 30.7. The van der Waals surface area contributed by atoms with E-state index in [2.05, 4.69) is 192 Å². The van der Waals surface area contributed by atoms with Crippen molar-refractivity contribution in [2.75, 3.05) is 4.90 Å². The van der Waals surface area contributed by atoms with Gasteiger partial charge in [-0.3, -0.25) is 0 Å². The second kappa shape index (κ2) is 10.4. The highest BCUT2D eigenvalue weighted by Crippen LogP contribution is 2.53. The van der Waals surface area contributed by atoms with Gasteiger partial charge in [0.25, 0.3) is 0 Å². The first kappa shape index (κ1) is 26.5. The second-order valence-corrected chi connectivity index (χ2v) is 12.3. The van der Waals surface area contributed by atoms with Crippen LogP contribution in [0, 0.1) is 0 Å². The molecule has 2 nitrogen and oxygen atoms in total. The van der Waals surface area contributed by atoms with Gasteiger partial charge in [-0.25, -0.2) is 0 Å². The lowest BCUT2D eigenvalue weighted by molar-refractivity contribution is 0.715. The molecule has 8 aromatic rings. The van der Waals surface area contributed by atoms with E-state index in [4.69, 9.17) is 0 Å². The molecule has 0 unspecified atom stereocenters. The maximum atomic E-state index is 2.45. The number of anilines is 3. The molecule has 7 aromatic carbocycles. The van der Waals surface area contributed by atoms with Crippen molar-refractivity contribution in [1.82, 2.24) is 4.57 Å². The molecular weight excluding hydrogens is 556 g/mol. The van der Waals surface area contributed by atoms with E-state index in [1.54, 1.807) is 0 Å². The van der Waals surface area contributed by atoms with Crippen LogP contribution in [-0.4, -0.2) is 4.57 Å². The van der Waals surface area contributed by atoms with Crippen molar-refractivity contribution in [2.24, 2.45) is 0 Å². The summed E-state index contributed by atoms with van der Waals surface area (Å²) in [5, 5.41) is 2.49. The van der Waals surface area contributed by atoms with Crippen LogP contribution in [-0.2, 0) is 5.41 Å². The van der Waals surface area contributed by atoms with Gasteiger partial charge in [-0.05, 0) is 101 Å². The minimum Gasteiger partial charge on any atom is -0.310 e. The van der Waals surface area contributed by atoms with Gasteiger partial charge in [0.1, 0.15) is 0 Å². The highest BCUT2D eigenvalue weighted by atomic mass is 15.1. The van der Waals surface area contributed by atoms with E-state index in [0.717, 1.165) is 22.7 Å². The van der Waals surface area contributed by atoms with E-state index < -0.39 is 0 Å². The van der Waals surface area contributed by atoms with Gasteiger partial charge in [0, 0.05) is 38.9 Å². The molecule has 0 bridgehead atoms. The Morgan fingerprint density at radius 1 is 0.435 bits per heavy atom. The Labute approximate surface area is 269 Å². The van der Waals surface area contributed by atoms with Gasteiger partial charge in [0.05, 0.1) is 11.0 Å². The minimum atomic E-state index is -0.264. The summed E-state index contributed by atoms with van der Waals surface area (Å²) in [5.41, 5.74) is 13.4. The van der Waals surface area contributed by atoms with Gasteiger partial charge >= 0.3 is 0 Å². The summed E-state index contributed by atoms with van der Waals surface area (Å²) in [7, 11) is 0. The number of aromatic nitrogens is 1. The van der Waals surface area contributed by atoms with Gasteiger partial charge in [-0.2, -0.15) is 0 Å². The van der Waals surface area contributed by atoms with Crippen molar-refractivity contribution in [3.8, 4) is 16.8 Å². The molecule has 0 saturated carbocycles. The summed E-state index contributed by atoms with van der Waals surface area (Å²) in [4.78, 5) is 2.35. The van der Waals surface area contributed by atoms with E-state index >= 15 is 0 Å². The van der Waals surface area contributed by atoms with Crippen LogP contribution in [0.4, 0.5) is 17.1 Å². The van der Waals surface area contributed by atoms with Crippen LogP contribution in [0.1, 0.15) is 23.6 Å². The van der Waals surface area contributed by atoms with Crippen LogP contribution in [0.3, 0.4) is 0 Å². The van der Waals surface area contributed by atoms with Crippen molar-refractivity contribution >= 4 is 38.9 Å². The van der Waals surface area contributed by atoms with E-state index in [1.807, 2.05) is 0 Å². The van der Waals surface area contributed by atoms with Gasteiger partial charge in [-0.15, -0.1) is 0 Å². The first-order valence-corrected chi connectivity index (χ1v) is 16.0. The summed E-state index contributed by atoms with van der Waals surface area (Å²) in [6.07, 6.45) is 0. The molecule has 0 fully saturated rings. The Hall–Kier alpha value is -5.86. The van der Waals surface area contributed by atoms with E-state index in [-0.39, 0.29) is 5.41 Å². The molecule has 0 saturated heterocycles. The molecule has 0 radical (unpaired) electrons. The topological polar surface area (TPSA) is 8.17 Å². The predicted molar refractivity (Wildman–Crippen MR) is 193 cm³/mol. The maximum Gasteiger partial charge on any atom is 0.0542 e. The van der Waals surface area contributed by atoms with Gasteiger partial charge in [0.15, 0.2) is 0 Å². The zero-order valence-corrected chi connectivity index (χ0v) is 25.6. The predicted octanol–water partition coefficient (Wildman–Crippen LogP) is 11.6. The Kier molecular flexibility index (Phi) is 5.97. The number of para-hydroxylation sites is 3. The first-order chi connectivity index (χ1) is 22.7. The molecular formula is C44H32N2. The Bertz CT molecular complexity index is 2280. The fraction of sp³-hybridized carbons (Fsp3) is 0.0455. The molecule has 0 amide bonds. The van der Waals surface area contributed by atoms with Gasteiger partial charge in [-0.1, -0.05) is 109 Å². The molecule has 1 aliphatic carbocycles. The van der Waals surface area contributed by atoms with E-state index in [9.17, 15) is 0 Å². The van der Waals surface area contributed by atoms with Crippen molar-refractivity contribution in [2.45, 2.75) is 12.3 Å². The number of hydrogen-bond acceptors (Lipinski definition) is 1. The standard InChI is InChI=1S/C44H32N2/c1-44(40-23-13-11-21-36(40)37-22-12-14-24-41(37)44)31-25-27-42-38(29-31)39-30-35(26-28-43(39)46(42)34-19-9-4-10-20-34)45(32-15-5-2-6-16-32)33-17-7-3-8-18-33/h2-30H,1H3. The third kappa shape index (κ3) is 3.90. The Balaban J connectivity index is 1.32. The molecule has 1 aromatic heterocycles. The van der Waals surface area contributed by atoms with Crippen LogP contribution < -0.4 is 4.90 Å². The van der Waals surface area contributed by atoms with Crippen LogP contribution in [0.5, 0.6) is 0 Å². The number of benzene rings is 7. The summed E-state index contributed by atoms with van der Waals surface area (Å²) >= 11 is 0. The smallest absolute Gasteiger partial charge is 0.0542 e. The fourth-order valence-electron chi connectivity index (χ4n) is 7.68. The molecule has 9 rings (SSSR count). The molecule has 0 aliphatic heterocycles. The lowest BCUT2D eigenvalue weighted by atomic mass is 9.74. The summed E-state index contributed by atoms with van der Waals surface area (Å²) in [6, 6.07) is 63.9. The summed E-state index contributed by atoms with van der Waals surface area (Å²) in [5.74, 6) is 0. The normalized spacial score (nSPS) is 13.1. The number of rotatable bonds is 5. The zero-order valence-electron chi connectivity index (χ0n) is 25.6. The van der Waals surface area contributed by atoms with Gasteiger partial charge in [0.2, 0.25) is 0 Å². The quantitative estimate of drug-likeness (QED) is 0.194. The average Bonchev–Trinajstić information content (AvgIpc) is 3.59. The highest BCUT2D eigenvalue weighted by Gasteiger charge is 2.40. The first-order valence-electron chi connectivity index (χ1n) is 16.0. The average molecular weight is 589 g/mol. The van der Waals surface area contributed by atoms with Gasteiger partial charge < -0.3 is 9.47 Å². The Morgan fingerprint density at radius 2 is 0.913 bits per heavy atom. The largest absolute Gasteiger partial charge is 0.310 e. The monoisotopic (exact) mass is 588 g/mol. The SMILES string of the molecule is CC1(c2ccc3c(c2)c2cc(N(c4ccccc4)c4ccccc4)ccc2n3-c2ccccc2)c2ccccc2-c2ccccc21. The molecule has 1 heterocycles. The molecule has 0 spiro atoms. The fourth-order valence-corrected chi connectivity index (χ4v) is 7.68. The number of nitrogens with zero attached hydrogens (tertiary/aromatic N) is 2. The number of fused-ring (bicyclic) bond motifs is 6. The lowest BCUT2D eigenvalue weighted by Crippen LogP contribution is -2.22. The van der Waals surface area contributed by atoms with Crippen molar-refractivity contribution in [3.05, 3.63) is 193 Å². The molecule has 46 heavy (non-hydrogen) atoms. The molecule has 1 aliphatic rings. The molecule has 2 heteroatoms. The summed E-state index contributed by atoms with van der Waals surface area (Å²) < 4.78 is 2.41. The van der Waals surface area contributed by atoms with Crippen molar-refractivity contribution in [1.29, 1.82) is 0 Å². The van der Waals surface area contributed by atoms with Crippen LogP contribution in [0.25, 0.3) is 38.6 Å². The van der Waals surface area contributed by atoms with E-state index in [0.29, 0.717) is 0 Å². The highest BCUT2D eigenvalue weighted by molar-refractivity contribution is 6.11. The molecule has 218 valence electrons.